The number of nitro benzene ring substituents is 1. The van der Waals surface area contributed by atoms with Gasteiger partial charge in [0.2, 0.25) is 0 Å². The van der Waals surface area contributed by atoms with Crippen molar-refractivity contribution < 1.29 is 28.8 Å². The number of H-pyrrole nitrogens is 1. The normalized spacial score (nSPS) is 10.3. The highest BCUT2D eigenvalue weighted by Crippen LogP contribution is 2.25. The number of aryl methyl sites for hydroxylation is 2. The lowest BCUT2D eigenvalue weighted by molar-refractivity contribution is -0.384. The van der Waals surface area contributed by atoms with Gasteiger partial charge in [-0.1, -0.05) is 6.07 Å². The Hall–Kier alpha value is -3.69. The van der Waals surface area contributed by atoms with E-state index in [1.807, 2.05) is 0 Å². The third-order valence-electron chi connectivity index (χ3n) is 4.08. The largest absolute Gasteiger partial charge is 0.461 e. The number of rotatable bonds is 7. The molecule has 0 radical (unpaired) electrons. The highest BCUT2D eigenvalue weighted by atomic mass is 16.6. The molecule has 1 aromatic heterocycles. The maximum atomic E-state index is 12.4. The van der Waals surface area contributed by atoms with Crippen molar-refractivity contribution in [2.45, 2.75) is 27.7 Å². The number of carbonyl (C=O) groups is 3. The second-order valence-corrected chi connectivity index (χ2v) is 6.25. The number of benzene rings is 1. The Kier molecular flexibility index (Phi) is 6.71. The average Bonchev–Trinajstić information content (AvgIpc) is 2.95. The Labute approximate surface area is 166 Å². The molecule has 10 nitrogen and oxygen atoms in total. The third kappa shape index (κ3) is 4.98. The number of nitro groups is 1. The number of carbonyl (C=O) groups excluding carboxylic acids is 3. The van der Waals surface area contributed by atoms with Crippen LogP contribution in [0.3, 0.4) is 0 Å². The first kappa shape index (κ1) is 21.6. The summed E-state index contributed by atoms with van der Waals surface area (Å²) in [7, 11) is 0. The number of esters is 2. The van der Waals surface area contributed by atoms with Crippen LogP contribution in [0.4, 0.5) is 11.4 Å². The van der Waals surface area contributed by atoms with Gasteiger partial charge < -0.3 is 19.8 Å². The van der Waals surface area contributed by atoms with E-state index in [0.29, 0.717) is 16.8 Å². The van der Waals surface area contributed by atoms with E-state index in [-0.39, 0.29) is 29.2 Å². The van der Waals surface area contributed by atoms with Gasteiger partial charge in [-0.2, -0.15) is 0 Å². The number of anilines is 1. The molecule has 1 aromatic carbocycles. The van der Waals surface area contributed by atoms with Crippen molar-refractivity contribution in [3.63, 3.8) is 0 Å². The molecule has 154 valence electrons. The van der Waals surface area contributed by atoms with Crippen LogP contribution in [0.2, 0.25) is 0 Å². The van der Waals surface area contributed by atoms with E-state index in [2.05, 4.69) is 10.3 Å². The van der Waals surface area contributed by atoms with Gasteiger partial charge in [0.25, 0.3) is 11.6 Å². The van der Waals surface area contributed by atoms with Gasteiger partial charge in [-0.25, -0.2) is 9.59 Å². The lowest BCUT2D eigenvalue weighted by Crippen LogP contribution is -2.22. The second kappa shape index (κ2) is 9.00. The maximum absolute atomic E-state index is 12.4. The highest BCUT2D eigenvalue weighted by molar-refractivity contribution is 6.00. The van der Waals surface area contributed by atoms with Gasteiger partial charge >= 0.3 is 11.9 Å². The van der Waals surface area contributed by atoms with Gasteiger partial charge in [0.05, 0.1) is 17.1 Å². The summed E-state index contributed by atoms with van der Waals surface area (Å²) in [6, 6.07) is 4.34. The molecule has 2 aromatic rings. The molecule has 0 fully saturated rings. The molecule has 1 heterocycles. The van der Waals surface area contributed by atoms with Gasteiger partial charge in [-0.3, -0.25) is 14.9 Å². The van der Waals surface area contributed by atoms with Crippen molar-refractivity contribution in [2.75, 3.05) is 18.5 Å². The van der Waals surface area contributed by atoms with Crippen LogP contribution in [0.25, 0.3) is 0 Å². The fourth-order valence-electron chi connectivity index (χ4n) is 2.75. The Bertz CT molecular complexity index is 978. The first-order valence-electron chi connectivity index (χ1n) is 8.74. The minimum Gasteiger partial charge on any atom is -0.461 e. The Morgan fingerprint density at radius 2 is 1.83 bits per heavy atom. The van der Waals surface area contributed by atoms with Gasteiger partial charge in [0.15, 0.2) is 6.61 Å². The molecule has 0 aliphatic carbocycles. The quantitative estimate of drug-likeness (QED) is 0.411. The summed E-state index contributed by atoms with van der Waals surface area (Å²) in [5, 5.41) is 13.5. The zero-order chi connectivity index (χ0) is 21.7. The third-order valence-corrected chi connectivity index (χ3v) is 4.08. The van der Waals surface area contributed by atoms with Crippen molar-refractivity contribution in [3.8, 4) is 0 Å². The van der Waals surface area contributed by atoms with E-state index in [1.165, 1.54) is 12.1 Å². The van der Waals surface area contributed by atoms with Crippen LogP contribution in [-0.4, -0.2) is 41.0 Å². The monoisotopic (exact) mass is 403 g/mol. The van der Waals surface area contributed by atoms with E-state index in [1.54, 1.807) is 33.8 Å². The standard InChI is InChI=1S/C19H21N3O7/c1-5-28-19(25)17-11(3)16(12(4)20-17)18(24)29-9-15(23)21-13-7-6-10(2)8-14(13)22(26)27/h6-8,20H,5,9H2,1-4H3,(H,21,23). The molecule has 0 unspecified atom stereocenters. The molecule has 10 heteroatoms. The van der Waals surface area contributed by atoms with Crippen molar-refractivity contribution >= 4 is 29.2 Å². The number of hydrogen-bond donors (Lipinski definition) is 2. The average molecular weight is 403 g/mol. The summed E-state index contributed by atoms with van der Waals surface area (Å²) >= 11 is 0. The molecule has 0 bridgehead atoms. The number of ether oxygens (including phenoxy) is 2. The molecule has 0 saturated carbocycles. The number of amides is 1. The first-order chi connectivity index (χ1) is 13.6. The van der Waals surface area contributed by atoms with E-state index in [9.17, 15) is 24.5 Å². The van der Waals surface area contributed by atoms with Crippen LogP contribution in [0.15, 0.2) is 18.2 Å². The summed E-state index contributed by atoms with van der Waals surface area (Å²) in [6.07, 6.45) is 0. The van der Waals surface area contributed by atoms with Gasteiger partial charge in [-0.05, 0) is 44.9 Å². The summed E-state index contributed by atoms with van der Waals surface area (Å²) in [5.74, 6) is -2.14. The van der Waals surface area contributed by atoms with Crippen LogP contribution in [-0.2, 0) is 14.3 Å². The molecule has 1 amide bonds. The molecular formula is C19H21N3O7. The molecule has 0 aliphatic rings. The molecule has 29 heavy (non-hydrogen) atoms. The Balaban J connectivity index is 2.08. The molecule has 0 saturated heterocycles. The Morgan fingerprint density at radius 1 is 1.14 bits per heavy atom. The lowest BCUT2D eigenvalue weighted by Gasteiger charge is -2.08. The maximum Gasteiger partial charge on any atom is 0.355 e. The van der Waals surface area contributed by atoms with Crippen LogP contribution < -0.4 is 5.32 Å². The summed E-state index contributed by atoms with van der Waals surface area (Å²) in [6.45, 7) is 6.02. The fraction of sp³-hybridized carbons (Fsp3) is 0.316. The number of aromatic nitrogens is 1. The number of hydrogen-bond acceptors (Lipinski definition) is 7. The van der Waals surface area contributed by atoms with Crippen molar-refractivity contribution in [1.82, 2.24) is 4.98 Å². The van der Waals surface area contributed by atoms with E-state index >= 15 is 0 Å². The zero-order valence-corrected chi connectivity index (χ0v) is 16.5. The lowest BCUT2D eigenvalue weighted by atomic mass is 10.1. The van der Waals surface area contributed by atoms with Crippen LogP contribution in [0.5, 0.6) is 0 Å². The summed E-state index contributed by atoms with van der Waals surface area (Å²) in [5.41, 5.74) is 1.40. The molecule has 0 spiro atoms. The summed E-state index contributed by atoms with van der Waals surface area (Å²) < 4.78 is 9.93. The van der Waals surface area contributed by atoms with Gasteiger partial charge in [-0.15, -0.1) is 0 Å². The molecule has 2 N–H and O–H groups in total. The van der Waals surface area contributed by atoms with Crippen LogP contribution >= 0.6 is 0 Å². The van der Waals surface area contributed by atoms with Gasteiger partial charge in [0.1, 0.15) is 11.4 Å². The molecular weight excluding hydrogens is 382 g/mol. The van der Waals surface area contributed by atoms with E-state index < -0.39 is 29.4 Å². The van der Waals surface area contributed by atoms with E-state index in [0.717, 1.165) is 0 Å². The minimum absolute atomic E-state index is 0.000233. The molecule has 2 rings (SSSR count). The predicted octanol–water partition coefficient (Wildman–Crippen LogP) is 2.82. The summed E-state index contributed by atoms with van der Waals surface area (Å²) in [4.78, 5) is 49.6. The SMILES string of the molecule is CCOC(=O)c1[nH]c(C)c(C(=O)OCC(=O)Nc2ccc(C)cc2[N+](=O)[O-])c1C. The Morgan fingerprint density at radius 3 is 2.45 bits per heavy atom. The number of nitrogens with one attached hydrogen (secondary N) is 2. The van der Waals surface area contributed by atoms with Crippen LogP contribution in [0, 0.1) is 30.9 Å². The minimum atomic E-state index is -0.805. The van der Waals surface area contributed by atoms with Crippen molar-refractivity contribution in [2.24, 2.45) is 0 Å². The highest BCUT2D eigenvalue weighted by Gasteiger charge is 2.24. The first-order valence-corrected chi connectivity index (χ1v) is 8.74. The fourth-order valence-corrected chi connectivity index (χ4v) is 2.75. The number of aromatic amines is 1. The molecule has 0 aliphatic heterocycles. The predicted molar refractivity (Wildman–Crippen MR) is 103 cm³/mol. The molecule has 0 atom stereocenters. The zero-order valence-electron chi connectivity index (χ0n) is 16.5. The van der Waals surface area contributed by atoms with Crippen molar-refractivity contribution in [3.05, 3.63) is 56.4 Å². The van der Waals surface area contributed by atoms with E-state index in [4.69, 9.17) is 9.47 Å². The van der Waals surface area contributed by atoms with Crippen molar-refractivity contribution in [1.29, 1.82) is 0 Å². The number of nitrogens with zero attached hydrogens (tertiary/aromatic N) is 1. The second-order valence-electron chi connectivity index (χ2n) is 6.25. The van der Waals surface area contributed by atoms with Crippen LogP contribution in [0.1, 0.15) is 44.6 Å². The smallest absolute Gasteiger partial charge is 0.355 e. The topological polar surface area (TPSA) is 141 Å². The van der Waals surface area contributed by atoms with Gasteiger partial charge in [0, 0.05) is 11.8 Å².